The van der Waals surface area contributed by atoms with Gasteiger partial charge in [-0.05, 0) is 25.8 Å². The number of carbonyl (C=O) groups is 1. The van der Waals surface area contributed by atoms with Gasteiger partial charge in [0.1, 0.15) is 5.83 Å². The van der Waals surface area contributed by atoms with Crippen molar-refractivity contribution in [3.05, 3.63) is 35.2 Å². The first-order valence-corrected chi connectivity index (χ1v) is 6.12. The van der Waals surface area contributed by atoms with Crippen molar-refractivity contribution in [2.45, 2.75) is 47.5 Å². The molecule has 0 aromatic heterocycles. The summed E-state index contributed by atoms with van der Waals surface area (Å²) in [5, 5.41) is 0. The van der Waals surface area contributed by atoms with E-state index in [4.69, 9.17) is 5.73 Å². The Balaban J connectivity index is 0. The molecular formula is C14H24FNO. The fraction of sp³-hybridized carbons (Fsp3) is 0.500. The molecule has 0 spiro atoms. The first-order valence-electron chi connectivity index (χ1n) is 6.12. The van der Waals surface area contributed by atoms with Crippen LogP contribution in [0.2, 0.25) is 0 Å². The van der Waals surface area contributed by atoms with E-state index in [1.807, 2.05) is 40.7 Å². The normalized spacial score (nSPS) is 21.6. The molecule has 0 saturated carbocycles. The van der Waals surface area contributed by atoms with E-state index in [0.29, 0.717) is 0 Å². The van der Waals surface area contributed by atoms with Gasteiger partial charge in [-0.3, -0.25) is 4.79 Å². The first-order chi connectivity index (χ1) is 8.11. The Labute approximate surface area is 104 Å². The van der Waals surface area contributed by atoms with E-state index in [1.165, 1.54) is 6.08 Å². The number of hydrogen-bond acceptors (Lipinski definition) is 1. The Hall–Kier alpha value is -1.38. The molecule has 1 amide bonds. The van der Waals surface area contributed by atoms with Gasteiger partial charge in [-0.15, -0.1) is 0 Å². The molecule has 1 aliphatic carbocycles. The van der Waals surface area contributed by atoms with E-state index in [1.54, 1.807) is 6.08 Å². The third kappa shape index (κ3) is 7.50. The van der Waals surface area contributed by atoms with E-state index in [-0.39, 0.29) is 12.0 Å². The molecule has 2 N–H and O–H groups in total. The third-order valence-electron chi connectivity index (χ3n) is 1.94. The van der Waals surface area contributed by atoms with Crippen LogP contribution in [0.4, 0.5) is 4.39 Å². The first kappa shape index (κ1) is 18.0. The van der Waals surface area contributed by atoms with Crippen LogP contribution in [0, 0.1) is 0 Å². The molecular weight excluding hydrogens is 217 g/mol. The van der Waals surface area contributed by atoms with E-state index >= 15 is 0 Å². The molecule has 0 fully saturated rings. The molecule has 3 heteroatoms. The molecule has 0 atom stereocenters. The Morgan fingerprint density at radius 1 is 1.24 bits per heavy atom. The van der Waals surface area contributed by atoms with Crippen molar-refractivity contribution in [3.8, 4) is 0 Å². The Kier molecular flexibility index (Phi) is 11.8. The highest BCUT2D eigenvalue weighted by Gasteiger charge is 2.10. The van der Waals surface area contributed by atoms with Crippen LogP contribution in [0.5, 0.6) is 0 Å². The monoisotopic (exact) mass is 241 g/mol. The van der Waals surface area contributed by atoms with Crippen molar-refractivity contribution >= 4 is 5.91 Å². The van der Waals surface area contributed by atoms with Crippen LogP contribution in [-0.4, -0.2) is 5.91 Å². The van der Waals surface area contributed by atoms with Crippen LogP contribution in [-0.2, 0) is 4.79 Å². The van der Waals surface area contributed by atoms with Crippen LogP contribution in [0.15, 0.2) is 35.2 Å². The van der Waals surface area contributed by atoms with Gasteiger partial charge in [0.2, 0.25) is 5.91 Å². The topological polar surface area (TPSA) is 43.1 Å². The van der Waals surface area contributed by atoms with Gasteiger partial charge in [-0.2, -0.15) is 0 Å². The molecule has 98 valence electrons. The summed E-state index contributed by atoms with van der Waals surface area (Å²) in [6, 6.07) is 0. The smallest absolute Gasteiger partial charge is 0.247 e. The molecule has 1 rings (SSSR count). The summed E-state index contributed by atoms with van der Waals surface area (Å²) in [4.78, 5) is 10.8. The van der Waals surface area contributed by atoms with Crippen molar-refractivity contribution in [1.29, 1.82) is 0 Å². The number of hydrogen-bond donors (Lipinski definition) is 1. The highest BCUT2D eigenvalue weighted by Crippen LogP contribution is 2.18. The van der Waals surface area contributed by atoms with Crippen molar-refractivity contribution in [2.75, 3.05) is 0 Å². The number of halogens is 1. The zero-order valence-electron chi connectivity index (χ0n) is 11.5. The predicted molar refractivity (Wildman–Crippen MR) is 72.2 cm³/mol. The number of rotatable bonds is 1. The summed E-state index contributed by atoms with van der Waals surface area (Å²) in [7, 11) is 0. The van der Waals surface area contributed by atoms with E-state index < -0.39 is 11.7 Å². The second kappa shape index (κ2) is 11.1. The van der Waals surface area contributed by atoms with Gasteiger partial charge in [-0.25, -0.2) is 4.39 Å². The Morgan fingerprint density at radius 2 is 1.76 bits per heavy atom. The molecule has 0 heterocycles. The lowest BCUT2D eigenvalue weighted by molar-refractivity contribution is -0.114. The minimum atomic E-state index is -0.687. The number of nitrogens with two attached hydrogens (primary N) is 1. The quantitative estimate of drug-likeness (QED) is 0.692. The maximum absolute atomic E-state index is 13.1. The SMILES string of the molecule is C/C1=C/C/C(C(N)=O)=C(/F)C=CC1.CC.CC. The molecule has 1 aliphatic rings. The minimum Gasteiger partial charge on any atom is -0.366 e. The average Bonchev–Trinajstić information content (AvgIpc) is 2.32. The maximum atomic E-state index is 13.1. The standard InChI is InChI=1S/C10H12FNO.2C2H6/c1-7-3-2-4-9(11)8(6-5-7)10(12)13;2*1-2/h2,4-5H,3,6H2,1H3,(H2,12,13);2*1-2H3/b4-2?,7-5-,9-8-;;. The van der Waals surface area contributed by atoms with Gasteiger partial charge in [0.15, 0.2) is 0 Å². The minimum absolute atomic E-state index is 0.0512. The molecule has 0 unspecified atom stereocenters. The zero-order chi connectivity index (χ0) is 13.8. The Bertz CT molecular complexity index is 314. The van der Waals surface area contributed by atoms with Gasteiger partial charge in [-0.1, -0.05) is 45.4 Å². The average molecular weight is 241 g/mol. The van der Waals surface area contributed by atoms with E-state index in [2.05, 4.69) is 0 Å². The molecule has 17 heavy (non-hydrogen) atoms. The molecule has 0 saturated heterocycles. The maximum Gasteiger partial charge on any atom is 0.247 e. The van der Waals surface area contributed by atoms with Gasteiger partial charge in [0, 0.05) is 0 Å². The van der Waals surface area contributed by atoms with Crippen LogP contribution >= 0.6 is 0 Å². The predicted octanol–water partition coefficient (Wildman–Crippen LogP) is 4.04. The van der Waals surface area contributed by atoms with Gasteiger partial charge in [0.05, 0.1) is 5.57 Å². The highest BCUT2D eigenvalue weighted by atomic mass is 19.1. The lowest BCUT2D eigenvalue weighted by atomic mass is 10.0. The molecule has 2 nitrogen and oxygen atoms in total. The highest BCUT2D eigenvalue weighted by molar-refractivity contribution is 5.93. The lowest BCUT2D eigenvalue weighted by Gasteiger charge is -2.04. The Morgan fingerprint density at radius 3 is 2.24 bits per heavy atom. The summed E-state index contributed by atoms with van der Waals surface area (Å²) < 4.78 is 13.1. The summed E-state index contributed by atoms with van der Waals surface area (Å²) in [5.41, 5.74) is 6.19. The van der Waals surface area contributed by atoms with Crippen molar-refractivity contribution in [2.24, 2.45) is 5.73 Å². The van der Waals surface area contributed by atoms with E-state index in [9.17, 15) is 9.18 Å². The number of carbonyl (C=O) groups excluding carboxylic acids is 1. The lowest BCUT2D eigenvalue weighted by Crippen LogP contribution is -2.15. The van der Waals surface area contributed by atoms with Crippen LogP contribution in [0.25, 0.3) is 0 Å². The second-order valence-corrected chi connectivity index (χ2v) is 3.05. The van der Waals surface area contributed by atoms with Crippen molar-refractivity contribution < 1.29 is 9.18 Å². The molecule has 0 radical (unpaired) electrons. The van der Waals surface area contributed by atoms with E-state index in [0.717, 1.165) is 12.0 Å². The molecule has 0 aliphatic heterocycles. The van der Waals surface area contributed by atoms with Crippen molar-refractivity contribution in [1.82, 2.24) is 0 Å². The molecule has 0 bridgehead atoms. The largest absolute Gasteiger partial charge is 0.366 e. The van der Waals surface area contributed by atoms with Gasteiger partial charge >= 0.3 is 0 Å². The summed E-state index contributed by atoms with van der Waals surface area (Å²) in [6.45, 7) is 9.94. The third-order valence-corrected chi connectivity index (χ3v) is 1.94. The molecule has 0 aromatic rings. The summed E-state index contributed by atoms with van der Waals surface area (Å²) in [5.74, 6) is -1.20. The van der Waals surface area contributed by atoms with Gasteiger partial charge in [0.25, 0.3) is 0 Å². The fourth-order valence-electron chi connectivity index (χ4n) is 1.12. The fourth-order valence-corrected chi connectivity index (χ4v) is 1.12. The number of primary amides is 1. The molecule has 0 aromatic carbocycles. The van der Waals surface area contributed by atoms with Crippen LogP contribution < -0.4 is 5.73 Å². The van der Waals surface area contributed by atoms with Crippen LogP contribution in [0.3, 0.4) is 0 Å². The van der Waals surface area contributed by atoms with Crippen LogP contribution in [0.1, 0.15) is 47.5 Å². The number of allylic oxidation sites excluding steroid dienone is 5. The second-order valence-electron chi connectivity index (χ2n) is 3.05. The summed E-state index contributed by atoms with van der Waals surface area (Å²) >= 11 is 0. The van der Waals surface area contributed by atoms with Gasteiger partial charge < -0.3 is 5.73 Å². The summed E-state index contributed by atoms with van der Waals surface area (Å²) in [6.07, 6.45) is 5.82. The van der Waals surface area contributed by atoms with Crippen molar-refractivity contribution in [3.63, 3.8) is 0 Å². The zero-order valence-corrected chi connectivity index (χ0v) is 11.5. The number of amides is 1.